The second-order valence-electron chi connectivity index (χ2n) is 13.0. The van der Waals surface area contributed by atoms with Crippen molar-refractivity contribution in [2.75, 3.05) is 32.8 Å². The molecule has 0 aromatic heterocycles. The van der Waals surface area contributed by atoms with Crippen LogP contribution in [-0.4, -0.2) is 143 Å². The van der Waals surface area contributed by atoms with E-state index in [2.05, 4.69) is 16.0 Å². The third kappa shape index (κ3) is 10.8. The predicted octanol–water partition coefficient (Wildman–Crippen LogP) is -1.80. The minimum atomic E-state index is -1.78. The average molecular weight is 700 g/mol. The van der Waals surface area contributed by atoms with Gasteiger partial charge in [-0.25, -0.2) is 0 Å². The summed E-state index contributed by atoms with van der Waals surface area (Å²) in [4.78, 5) is 24.8. The molecule has 0 saturated carbocycles. The molecule has 3 fully saturated rings. The Labute approximate surface area is 286 Å². The Bertz CT molecular complexity index is 1180. The maximum atomic E-state index is 12.6. The van der Waals surface area contributed by atoms with E-state index in [9.17, 15) is 40.2 Å². The summed E-state index contributed by atoms with van der Waals surface area (Å²) in [5, 5.41) is 73.0. The number of carbonyl (C=O) groups excluding carboxylic acids is 2. The number of β-amino-alcohol motifs (C(OH)–C–C–N with tert-alkyl or cyclic N) is 1. The number of nitrogens with one attached hydrogen (secondary N) is 3. The third-order valence-electron chi connectivity index (χ3n) is 9.17. The number of benzene rings is 1. The highest BCUT2D eigenvalue weighted by molar-refractivity contribution is 5.76. The van der Waals surface area contributed by atoms with E-state index in [0.717, 1.165) is 12.0 Å². The first-order chi connectivity index (χ1) is 23.4. The molecule has 13 atom stereocenters. The maximum Gasteiger partial charge on any atom is 0.308 e. The molecular weight excluding hydrogens is 646 g/mol. The van der Waals surface area contributed by atoms with Crippen molar-refractivity contribution in [3.8, 4) is 5.75 Å². The summed E-state index contributed by atoms with van der Waals surface area (Å²) in [6, 6.07) is 6.47. The van der Waals surface area contributed by atoms with Gasteiger partial charge in [-0.1, -0.05) is 26.0 Å². The molecule has 1 aromatic carbocycles. The molecule has 4 rings (SSSR count). The van der Waals surface area contributed by atoms with Gasteiger partial charge in [0.15, 0.2) is 12.4 Å². The second-order valence-corrected chi connectivity index (χ2v) is 13.0. The van der Waals surface area contributed by atoms with Gasteiger partial charge in [0.05, 0.1) is 18.1 Å². The number of ether oxygens (including phenoxy) is 5. The zero-order valence-corrected chi connectivity index (χ0v) is 28.2. The number of hydrogen-bond acceptors (Lipinski definition) is 15. The van der Waals surface area contributed by atoms with Crippen LogP contribution in [0.5, 0.6) is 5.75 Å². The highest BCUT2D eigenvalue weighted by Gasteiger charge is 2.51. The maximum absolute atomic E-state index is 12.6. The molecule has 49 heavy (non-hydrogen) atoms. The predicted molar refractivity (Wildman–Crippen MR) is 172 cm³/mol. The Morgan fingerprint density at radius 2 is 1.67 bits per heavy atom. The van der Waals surface area contributed by atoms with E-state index < -0.39 is 86.0 Å². The summed E-state index contributed by atoms with van der Waals surface area (Å²) in [6.07, 6.45) is -13.3. The molecule has 9 N–H and O–H groups in total. The van der Waals surface area contributed by atoms with Crippen molar-refractivity contribution in [3.05, 3.63) is 29.8 Å². The monoisotopic (exact) mass is 699 g/mol. The minimum absolute atomic E-state index is 0.115. The third-order valence-corrected chi connectivity index (χ3v) is 9.17. The van der Waals surface area contributed by atoms with E-state index in [1.54, 1.807) is 31.2 Å². The van der Waals surface area contributed by atoms with Crippen molar-refractivity contribution in [2.24, 2.45) is 5.92 Å². The highest BCUT2D eigenvalue weighted by atomic mass is 16.8. The first kappa shape index (κ1) is 39.3. The second kappa shape index (κ2) is 18.7. The van der Waals surface area contributed by atoms with E-state index in [4.69, 9.17) is 23.7 Å². The summed E-state index contributed by atoms with van der Waals surface area (Å²) < 4.78 is 28.7. The number of amides is 1. The summed E-state index contributed by atoms with van der Waals surface area (Å²) in [7, 11) is 0. The van der Waals surface area contributed by atoms with Gasteiger partial charge in [-0.05, 0) is 57.0 Å². The number of aliphatic hydroxyl groups excluding tert-OH is 6. The van der Waals surface area contributed by atoms with Crippen molar-refractivity contribution < 1.29 is 63.9 Å². The zero-order valence-electron chi connectivity index (χ0n) is 28.2. The Balaban J connectivity index is 1.45. The molecule has 0 aliphatic carbocycles. The van der Waals surface area contributed by atoms with Gasteiger partial charge >= 0.3 is 5.97 Å². The molecule has 278 valence electrons. The largest absolute Gasteiger partial charge is 0.463 e. The lowest BCUT2D eigenvalue weighted by molar-refractivity contribution is -0.355. The fourth-order valence-corrected chi connectivity index (χ4v) is 5.75. The van der Waals surface area contributed by atoms with Gasteiger partial charge in [-0.2, -0.15) is 0 Å². The van der Waals surface area contributed by atoms with E-state index in [1.165, 1.54) is 6.92 Å². The molecule has 1 aromatic rings. The topological polar surface area (TPSA) is 238 Å². The highest BCUT2D eigenvalue weighted by Crippen LogP contribution is 2.31. The number of aliphatic hydroxyl groups is 6. The summed E-state index contributed by atoms with van der Waals surface area (Å²) in [5.74, 6) is -0.749. The first-order valence-electron chi connectivity index (χ1n) is 17.1. The van der Waals surface area contributed by atoms with E-state index in [0.29, 0.717) is 44.8 Å². The molecule has 0 spiro atoms. The fourth-order valence-electron chi connectivity index (χ4n) is 5.75. The van der Waals surface area contributed by atoms with Crippen LogP contribution in [0.15, 0.2) is 24.3 Å². The van der Waals surface area contributed by atoms with Gasteiger partial charge in [0.1, 0.15) is 49.0 Å². The van der Waals surface area contributed by atoms with Crippen LogP contribution in [0.2, 0.25) is 0 Å². The van der Waals surface area contributed by atoms with Crippen molar-refractivity contribution in [2.45, 2.75) is 120 Å². The van der Waals surface area contributed by atoms with Gasteiger partial charge in [0.2, 0.25) is 12.2 Å². The lowest BCUT2D eigenvalue weighted by atomic mass is 9.97. The van der Waals surface area contributed by atoms with Crippen LogP contribution in [0, 0.1) is 5.92 Å². The minimum Gasteiger partial charge on any atom is -0.463 e. The van der Waals surface area contributed by atoms with Gasteiger partial charge in [0.25, 0.3) is 0 Å². The molecule has 3 aliphatic heterocycles. The molecule has 16 heteroatoms. The fraction of sp³-hybridized carbons (Fsp3) is 0.758. The van der Waals surface area contributed by atoms with Crippen LogP contribution in [0.25, 0.3) is 0 Å². The van der Waals surface area contributed by atoms with Gasteiger partial charge in [-0.3, -0.25) is 9.59 Å². The van der Waals surface area contributed by atoms with Crippen LogP contribution >= 0.6 is 0 Å². The lowest BCUT2D eigenvalue weighted by Crippen LogP contribution is -2.64. The first-order valence-corrected chi connectivity index (χ1v) is 17.1. The van der Waals surface area contributed by atoms with Crippen molar-refractivity contribution >= 4 is 11.9 Å². The van der Waals surface area contributed by atoms with E-state index >= 15 is 0 Å². The van der Waals surface area contributed by atoms with Gasteiger partial charge in [-0.15, -0.1) is 0 Å². The van der Waals surface area contributed by atoms with Crippen LogP contribution in [0.3, 0.4) is 0 Å². The molecule has 0 radical (unpaired) electrons. The average Bonchev–Trinajstić information content (AvgIpc) is 3.10. The Morgan fingerprint density at radius 1 is 0.939 bits per heavy atom. The molecule has 3 aliphatic rings. The van der Waals surface area contributed by atoms with Gasteiger partial charge in [0, 0.05) is 25.6 Å². The van der Waals surface area contributed by atoms with E-state index in [1.807, 2.05) is 6.92 Å². The zero-order chi connectivity index (χ0) is 35.7. The normalized spacial score (nSPS) is 37.4. The molecule has 0 bridgehead atoms. The number of hydrogen-bond donors (Lipinski definition) is 9. The van der Waals surface area contributed by atoms with Gasteiger partial charge < -0.3 is 70.3 Å². The van der Waals surface area contributed by atoms with Crippen molar-refractivity contribution in [1.82, 2.24) is 16.0 Å². The SMILES string of the molecule is CCC(C)C(=O)OCC1OC(OC2C(Oc3ccc(C4CC(=O)NCCCNCC(O)CCN4)cc3)OC(C)C(O)C2O)C(O)C(O)C1O. The number of carbonyl (C=O) groups is 2. The standard InChI is InChI=1S/C33H53N3O13/c1-4-17(2)31(44)45-16-23-26(40)27(41)29(43)32(48-23)49-30-28(42)25(39)18(3)46-33(30)47-21-8-6-19(7-9-21)22-14-24(38)36-12-5-11-34-15-20(37)10-13-35-22/h6-9,17-18,20,22-23,25-30,32-35,37,39-43H,4-5,10-16H2,1-3H3,(H,36,38). The quantitative estimate of drug-likeness (QED) is 0.129. The smallest absolute Gasteiger partial charge is 0.308 e. The molecule has 16 nitrogen and oxygen atoms in total. The van der Waals surface area contributed by atoms with Crippen molar-refractivity contribution in [3.63, 3.8) is 0 Å². The Morgan fingerprint density at radius 3 is 2.39 bits per heavy atom. The summed E-state index contributed by atoms with van der Waals surface area (Å²) in [5.41, 5.74) is 0.789. The number of esters is 1. The van der Waals surface area contributed by atoms with Crippen LogP contribution in [0.4, 0.5) is 0 Å². The summed E-state index contributed by atoms with van der Waals surface area (Å²) in [6.45, 7) is 6.75. The van der Waals surface area contributed by atoms with E-state index in [-0.39, 0.29) is 18.4 Å². The van der Waals surface area contributed by atoms with Crippen LogP contribution in [0.1, 0.15) is 58.1 Å². The summed E-state index contributed by atoms with van der Waals surface area (Å²) >= 11 is 0. The van der Waals surface area contributed by atoms with Crippen molar-refractivity contribution in [1.29, 1.82) is 0 Å². The Kier molecular flexibility index (Phi) is 15.0. The lowest BCUT2D eigenvalue weighted by Gasteiger charge is -2.45. The Hall–Kier alpha value is -2.48. The number of rotatable bonds is 9. The molecule has 1 amide bonds. The molecule has 3 saturated heterocycles. The molecular formula is C33H53N3O13. The molecule has 3 heterocycles. The molecule has 13 unspecified atom stereocenters. The van der Waals surface area contributed by atoms with Crippen LogP contribution < -0.4 is 20.7 Å². The van der Waals surface area contributed by atoms with Crippen LogP contribution in [-0.2, 0) is 28.5 Å².